The van der Waals surface area contributed by atoms with Crippen LogP contribution in [0.15, 0.2) is 21.9 Å². The van der Waals surface area contributed by atoms with Gasteiger partial charge in [0.25, 0.3) is 11.8 Å². The van der Waals surface area contributed by atoms with Crippen molar-refractivity contribution >= 4 is 28.2 Å². The number of amides is 2. The van der Waals surface area contributed by atoms with Crippen LogP contribution in [0.1, 0.15) is 32.2 Å². The maximum Gasteiger partial charge on any atom is 0.259 e. The van der Waals surface area contributed by atoms with E-state index in [2.05, 4.69) is 10.6 Å². The predicted molar refractivity (Wildman–Crippen MR) is 73.8 cm³/mol. The Balaban J connectivity index is 2.22. The van der Waals surface area contributed by atoms with Gasteiger partial charge in [0.05, 0.1) is 11.1 Å². The van der Waals surface area contributed by atoms with Crippen molar-refractivity contribution in [2.24, 2.45) is 0 Å². The number of furan rings is 1. The number of thiophene rings is 1. The quantitative estimate of drug-likeness (QED) is 0.906. The third-order valence-corrected chi connectivity index (χ3v) is 3.48. The summed E-state index contributed by atoms with van der Waals surface area (Å²) in [6.07, 6.45) is 0. The Morgan fingerprint density at radius 1 is 1.21 bits per heavy atom. The fraction of sp³-hybridized carbons (Fsp3) is 0.231. The lowest BCUT2D eigenvalue weighted by Gasteiger charge is -2.04. The zero-order valence-electron chi connectivity index (χ0n) is 10.9. The number of anilines is 1. The van der Waals surface area contributed by atoms with Crippen LogP contribution in [0.5, 0.6) is 0 Å². The summed E-state index contributed by atoms with van der Waals surface area (Å²) in [5, 5.41) is 7.56. The lowest BCUT2D eigenvalue weighted by atomic mass is 10.2. The fourth-order valence-electron chi connectivity index (χ4n) is 1.75. The molecule has 0 aromatic carbocycles. The summed E-state index contributed by atoms with van der Waals surface area (Å²) < 4.78 is 5.32. The van der Waals surface area contributed by atoms with Gasteiger partial charge in [-0.3, -0.25) is 9.59 Å². The highest BCUT2D eigenvalue weighted by atomic mass is 32.1. The molecule has 100 valence electrons. The first-order valence-electron chi connectivity index (χ1n) is 5.71. The number of hydrogen-bond donors (Lipinski definition) is 2. The molecule has 0 aliphatic heterocycles. The van der Waals surface area contributed by atoms with Crippen LogP contribution < -0.4 is 10.6 Å². The molecule has 0 aliphatic rings. The minimum atomic E-state index is -0.276. The zero-order chi connectivity index (χ0) is 14.0. The van der Waals surface area contributed by atoms with Crippen LogP contribution in [0, 0.1) is 13.8 Å². The molecule has 0 saturated carbocycles. The van der Waals surface area contributed by atoms with Gasteiger partial charge in [0.15, 0.2) is 0 Å². The Kier molecular flexibility index (Phi) is 3.71. The monoisotopic (exact) mass is 278 g/mol. The van der Waals surface area contributed by atoms with Crippen molar-refractivity contribution in [1.82, 2.24) is 5.32 Å². The van der Waals surface area contributed by atoms with Crippen molar-refractivity contribution < 1.29 is 14.0 Å². The van der Waals surface area contributed by atoms with E-state index in [1.54, 1.807) is 38.4 Å². The van der Waals surface area contributed by atoms with Crippen LogP contribution in [-0.2, 0) is 0 Å². The average molecular weight is 278 g/mol. The van der Waals surface area contributed by atoms with Gasteiger partial charge in [-0.05, 0) is 31.4 Å². The molecule has 2 aromatic rings. The molecular weight excluding hydrogens is 264 g/mol. The lowest BCUT2D eigenvalue weighted by Crippen LogP contribution is -2.20. The van der Waals surface area contributed by atoms with Gasteiger partial charge in [-0.25, -0.2) is 0 Å². The highest BCUT2D eigenvalue weighted by Crippen LogP contribution is 2.24. The summed E-state index contributed by atoms with van der Waals surface area (Å²) >= 11 is 1.31. The van der Waals surface area contributed by atoms with E-state index in [0.717, 1.165) is 0 Å². The molecule has 0 saturated heterocycles. The first kappa shape index (κ1) is 13.4. The number of nitrogens with one attached hydrogen (secondary N) is 2. The van der Waals surface area contributed by atoms with Gasteiger partial charge in [0.1, 0.15) is 16.5 Å². The number of hydrogen-bond acceptors (Lipinski definition) is 4. The molecule has 5 nitrogen and oxygen atoms in total. The van der Waals surface area contributed by atoms with Crippen LogP contribution in [0.2, 0.25) is 0 Å². The molecule has 0 fully saturated rings. The molecule has 6 heteroatoms. The zero-order valence-corrected chi connectivity index (χ0v) is 11.7. The molecular formula is C13H14N2O3S. The lowest BCUT2D eigenvalue weighted by molar-refractivity contribution is 0.0964. The molecule has 2 heterocycles. The maximum absolute atomic E-state index is 12.1. The summed E-state index contributed by atoms with van der Waals surface area (Å²) in [7, 11) is 1.55. The largest absolute Gasteiger partial charge is 0.466 e. The first-order valence-corrected chi connectivity index (χ1v) is 6.59. The van der Waals surface area contributed by atoms with Crippen molar-refractivity contribution in [3.63, 3.8) is 0 Å². The second-order valence-corrected chi connectivity index (χ2v) is 4.94. The van der Waals surface area contributed by atoms with E-state index in [-0.39, 0.29) is 11.8 Å². The van der Waals surface area contributed by atoms with E-state index in [0.29, 0.717) is 27.6 Å². The van der Waals surface area contributed by atoms with Crippen molar-refractivity contribution in [1.29, 1.82) is 0 Å². The van der Waals surface area contributed by atoms with Gasteiger partial charge in [0.2, 0.25) is 0 Å². The van der Waals surface area contributed by atoms with Crippen LogP contribution >= 0.6 is 11.3 Å². The van der Waals surface area contributed by atoms with Gasteiger partial charge < -0.3 is 15.1 Å². The first-order chi connectivity index (χ1) is 9.02. The summed E-state index contributed by atoms with van der Waals surface area (Å²) in [6.45, 7) is 3.51. The molecule has 2 N–H and O–H groups in total. The topological polar surface area (TPSA) is 71.3 Å². The van der Waals surface area contributed by atoms with E-state index < -0.39 is 0 Å². The Morgan fingerprint density at radius 3 is 2.53 bits per heavy atom. The highest BCUT2D eigenvalue weighted by molar-refractivity contribution is 7.14. The SMILES string of the molecule is CNC(=O)c1ccsc1NC(=O)c1cc(C)oc1C. The molecule has 19 heavy (non-hydrogen) atoms. The smallest absolute Gasteiger partial charge is 0.259 e. The Bertz CT molecular complexity index is 628. The Hall–Kier alpha value is -2.08. The number of carbonyl (C=O) groups is 2. The maximum atomic E-state index is 12.1. The van der Waals surface area contributed by atoms with Crippen molar-refractivity contribution in [2.75, 3.05) is 12.4 Å². The molecule has 2 amide bonds. The van der Waals surface area contributed by atoms with Gasteiger partial charge in [-0.1, -0.05) is 0 Å². The van der Waals surface area contributed by atoms with Crippen LogP contribution in [-0.4, -0.2) is 18.9 Å². The van der Waals surface area contributed by atoms with E-state index in [1.807, 2.05) is 0 Å². The van der Waals surface area contributed by atoms with Crippen molar-refractivity contribution in [3.05, 3.63) is 40.2 Å². The van der Waals surface area contributed by atoms with E-state index in [4.69, 9.17) is 4.42 Å². The van der Waals surface area contributed by atoms with Gasteiger partial charge >= 0.3 is 0 Å². The molecule has 0 radical (unpaired) electrons. The van der Waals surface area contributed by atoms with Crippen molar-refractivity contribution in [2.45, 2.75) is 13.8 Å². The molecule has 0 aliphatic carbocycles. The minimum Gasteiger partial charge on any atom is -0.466 e. The van der Waals surface area contributed by atoms with E-state index in [1.165, 1.54) is 11.3 Å². The minimum absolute atomic E-state index is 0.225. The standard InChI is InChI=1S/C13H14N2O3S/c1-7-6-10(8(2)18-7)12(17)15-13-9(4-5-19-13)11(16)14-3/h4-6H,1-3H3,(H,14,16)(H,15,17). The van der Waals surface area contributed by atoms with Gasteiger partial charge in [-0.15, -0.1) is 11.3 Å². The summed E-state index contributed by atoms with van der Waals surface area (Å²) in [5.41, 5.74) is 0.937. The molecule has 0 bridgehead atoms. The molecule has 2 aromatic heterocycles. The molecule has 0 spiro atoms. The fourth-order valence-corrected chi connectivity index (χ4v) is 2.53. The van der Waals surface area contributed by atoms with Gasteiger partial charge in [-0.2, -0.15) is 0 Å². The van der Waals surface area contributed by atoms with Crippen LogP contribution in [0.3, 0.4) is 0 Å². The molecule has 0 unspecified atom stereocenters. The summed E-state index contributed by atoms with van der Waals surface area (Å²) in [6, 6.07) is 3.35. The van der Waals surface area contributed by atoms with Crippen LogP contribution in [0.4, 0.5) is 5.00 Å². The summed E-state index contributed by atoms with van der Waals surface area (Å²) in [5.74, 6) is 0.743. The number of rotatable bonds is 3. The van der Waals surface area contributed by atoms with E-state index in [9.17, 15) is 9.59 Å². The van der Waals surface area contributed by atoms with E-state index >= 15 is 0 Å². The molecule has 2 rings (SSSR count). The molecule has 0 atom stereocenters. The third-order valence-electron chi connectivity index (χ3n) is 2.65. The third kappa shape index (κ3) is 2.68. The normalized spacial score (nSPS) is 10.3. The summed E-state index contributed by atoms with van der Waals surface area (Å²) in [4.78, 5) is 23.7. The Labute approximate surface area is 114 Å². The van der Waals surface area contributed by atoms with Gasteiger partial charge in [0, 0.05) is 7.05 Å². The highest BCUT2D eigenvalue weighted by Gasteiger charge is 2.17. The predicted octanol–water partition coefficient (Wildman–Crippen LogP) is 2.57. The Morgan fingerprint density at radius 2 is 1.95 bits per heavy atom. The second kappa shape index (κ2) is 5.27. The second-order valence-electron chi connectivity index (χ2n) is 4.02. The average Bonchev–Trinajstić information content (AvgIpc) is 2.95. The number of carbonyl (C=O) groups excluding carboxylic acids is 2. The van der Waals surface area contributed by atoms with Crippen LogP contribution in [0.25, 0.3) is 0 Å². The number of aryl methyl sites for hydroxylation is 2. The van der Waals surface area contributed by atoms with Crippen molar-refractivity contribution in [3.8, 4) is 0 Å².